The first-order valence-corrected chi connectivity index (χ1v) is 21.4. The van der Waals surface area contributed by atoms with Crippen molar-refractivity contribution in [3.63, 3.8) is 0 Å². The average Bonchev–Trinajstić information content (AvgIpc) is 3.13. The third-order valence-corrected chi connectivity index (χ3v) is 19.3. The minimum Gasteiger partial charge on any atom is -0.404 e. The molecule has 0 fully saturated rings. The van der Waals surface area contributed by atoms with E-state index in [4.69, 9.17) is 8.85 Å². The van der Waals surface area contributed by atoms with E-state index in [0.29, 0.717) is 0 Å². The van der Waals surface area contributed by atoms with E-state index in [2.05, 4.69) is 52.2 Å². The number of ketones is 1. The minimum atomic E-state index is -2.99. The molecule has 4 rings (SSSR count). The van der Waals surface area contributed by atoms with Gasteiger partial charge in [0.1, 0.15) is 0 Å². The highest BCUT2D eigenvalue weighted by Gasteiger charge is 2.51. The molecule has 276 valence electrons. The summed E-state index contributed by atoms with van der Waals surface area (Å²) in [4.78, 5) is 38.5. The fraction of sp³-hybridized carbons (Fsp3) is 0.341. The SMILES string of the molecule is CC(C)(C)[Si](OC[C@@H](O)C(=O)NCC(=O)CNC(=O)[C@H](O)CO[Si](c1ccccc1)(c1ccccc1)C(C)(C)C)(c1ccccc1)c1ccccc1. The summed E-state index contributed by atoms with van der Waals surface area (Å²) < 4.78 is 13.3. The highest BCUT2D eigenvalue weighted by molar-refractivity contribution is 7.00. The van der Waals surface area contributed by atoms with E-state index in [0.717, 1.165) is 20.7 Å². The maximum Gasteiger partial charge on any atom is 0.261 e. The van der Waals surface area contributed by atoms with E-state index in [1.807, 2.05) is 121 Å². The number of carbonyl (C=O) groups is 3. The molecular weight excluding hydrogens is 689 g/mol. The normalized spacial score (nSPS) is 13.5. The lowest BCUT2D eigenvalue weighted by molar-refractivity contribution is -0.133. The van der Waals surface area contributed by atoms with Crippen LogP contribution in [0.5, 0.6) is 0 Å². The van der Waals surface area contributed by atoms with Gasteiger partial charge < -0.3 is 29.7 Å². The molecule has 0 heterocycles. The van der Waals surface area contributed by atoms with Gasteiger partial charge in [-0.2, -0.15) is 0 Å². The standard InChI is InChI=1S/C41H52N2O7Si2/c1-40(2,3)51(32-19-11-7-12-20-32,33-21-13-8-14-22-33)49-29-36(45)38(47)42-27-31(44)28-43-39(48)37(46)30-50-52(41(4,5)6,34-23-15-9-16-24-34)35-25-17-10-18-26-35/h7-26,36-37,45-46H,27-30H2,1-6H3,(H,42,47)(H,43,48)/t36-,37-/m1/s1. The molecule has 9 nitrogen and oxygen atoms in total. The minimum absolute atomic E-state index is 0.276. The Morgan fingerprint density at radius 3 is 1.00 bits per heavy atom. The summed E-state index contributed by atoms with van der Waals surface area (Å²) >= 11 is 0. The predicted octanol–water partition coefficient (Wildman–Crippen LogP) is 2.66. The van der Waals surface area contributed by atoms with Gasteiger partial charge in [-0.1, -0.05) is 163 Å². The smallest absolute Gasteiger partial charge is 0.261 e. The van der Waals surface area contributed by atoms with Crippen molar-refractivity contribution >= 4 is 55.0 Å². The fourth-order valence-corrected chi connectivity index (χ4v) is 15.9. The van der Waals surface area contributed by atoms with Gasteiger partial charge in [-0.25, -0.2) is 0 Å². The Labute approximate surface area is 309 Å². The molecule has 0 unspecified atom stereocenters. The van der Waals surface area contributed by atoms with E-state index in [-0.39, 0.29) is 23.3 Å². The lowest BCUT2D eigenvalue weighted by atomic mass is 10.2. The van der Waals surface area contributed by atoms with Crippen LogP contribution >= 0.6 is 0 Å². The molecule has 4 aromatic carbocycles. The Kier molecular flexibility index (Phi) is 13.7. The van der Waals surface area contributed by atoms with Gasteiger partial charge in [0.2, 0.25) is 0 Å². The van der Waals surface area contributed by atoms with Crippen LogP contribution < -0.4 is 31.4 Å². The number of nitrogens with one attached hydrogen (secondary N) is 2. The van der Waals surface area contributed by atoms with Crippen LogP contribution in [0.2, 0.25) is 10.1 Å². The first-order chi connectivity index (χ1) is 24.6. The molecule has 0 saturated heterocycles. The molecule has 0 radical (unpaired) electrons. The molecule has 4 N–H and O–H groups in total. The van der Waals surface area contributed by atoms with Crippen molar-refractivity contribution in [1.29, 1.82) is 0 Å². The van der Waals surface area contributed by atoms with Crippen LogP contribution in [-0.4, -0.2) is 83.0 Å². The number of Topliss-reactive ketones (excluding diaryl/α,β-unsaturated/α-hetero) is 1. The maximum absolute atomic E-state index is 12.9. The molecular formula is C41H52N2O7Si2. The lowest BCUT2D eigenvalue weighted by Crippen LogP contribution is -2.67. The highest BCUT2D eigenvalue weighted by Crippen LogP contribution is 2.38. The summed E-state index contributed by atoms with van der Waals surface area (Å²) in [7, 11) is -5.99. The summed E-state index contributed by atoms with van der Waals surface area (Å²) in [6.07, 6.45) is -3.08. The molecule has 0 aliphatic rings. The van der Waals surface area contributed by atoms with Gasteiger partial charge in [0, 0.05) is 0 Å². The van der Waals surface area contributed by atoms with Crippen molar-refractivity contribution in [1.82, 2.24) is 10.6 Å². The lowest BCUT2D eigenvalue weighted by Gasteiger charge is -2.43. The number of carbonyl (C=O) groups excluding carboxylic acids is 3. The summed E-state index contributed by atoms with van der Waals surface area (Å²) in [5.41, 5.74) is 0. The Morgan fingerprint density at radius 1 is 0.519 bits per heavy atom. The molecule has 0 aliphatic heterocycles. The van der Waals surface area contributed by atoms with Gasteiger partial charge >= 0.3 is 0 Å². The number of rotatable bonds is 16. The first kappa shape index (κ1) is 40.5. The zero-order valence-corrected chi connectivity index (χ0v) is 33.0. The highest BCUT2D eigenvalue weighted by atomic mass is 28.4. The van der Waals surface area contributed by atoms with Crippen LogP contribution in [-0.2, 0) is 23.2 Å². The van der Waals surface area contributed by atoms with Crippen LogP contribution in [0.25, 0.3) is 0 Å². The Bertz CT molecular complexity index is 1540. The van der Waals surface area contributed by atoms with Crippen LogP contribution in [0.15, 0.2) is 121 Å². The van der Waals surface area contributed by atoms with E-state index in [1.165, 1.54) is 0 Å². The third kappa shape index (κ3) is 9.21. The van der Waals surface area contributed by atoms with E-state index in [1.54, 1.807) is 0 Å². The topological polar surface area (TPSA) is 134 Å². The largest absolute Gasteiger partial charge is 0.404 e. The second kappa shape index (κ2) is 17.5. The van der Waals surface area contributed by atoms with Crippen molar-refractivity contribution in [3.8, 4) is 0 Å². The van der Waals surface area contributed by atoms with Gasteiger partial charge in [0.05, 0.1) is 26.3 Å². The monoisotopic (exact) mass is 740 g/mol. The number of hydrogen-bond acceptors (Lipinski definition) is 7. The van der Waals surface area contributed by atoms with Crippen LogP contribution in [0, 0.1) is 0 Å². The van der Waals surface area contributed by atoms with Crippen LogP contribution in [0.4, 0.5) is 0 Å². The zero-order chi connectivity index (χ0) is 38.0. The Morgan fingerprint density at radius 2 is 0.769 bits per heavy atom. The van der Waals surface area contributed by atoms with E-state index >= 15 is 0 Å². The van der Waals surface area contributed by atoms with Gasteiger partial charge in [0.25, 0.3) is 28.4 Å². The van der Waals surface area contributed by atoms with Gasteiger partial charge in [0.15, 0.2) is 18.0 Å². The van der Waals surface area contributed by atoms with Crippen molar-refractivity contribution in [3.05, 3.63) is 121 Å². The molecule has 2 atom stereocenters. The number of benzene rings is 4. The quantitative estimate of drug-likeness (QED) is 0.130. The molecule has 0 saturated carbocycles. The number of hydrogen-bond donors (Lipinski definition) is 4. The number of aliphatic hydroxyl groups is 2. The summed E-state index contributed by atoms with van der Waals surface area (Å²) in [5, 5.41) is 29.9. The average molecular weight is 741 g/mol. The Balaban J connectivity index is 1.34. The van der Waals surface area contributed by atoms with Crippen molar-refractivity contribution < 1.29 is 33.4 Å². The van der Waals surface area contributed by atoms with Crippen molar-refractivity contribution in [2.24, 2.45) is 0 Å². The zero-order valence-electron chi connectivity index (χ0n) is 31.0. The predicted molar refractivity (Wildman–Crippen MR) is 210 cm³/mol. The second-order valence-electron chi connectivity index (χ2n) is 15.0. The molecule has 0 spiro atoms. The molecule has 4 aromatic rings. The van der Waals surface area contributed by atoms with Crippen molar-refractivity contribution in [2.45, 2.75) is 63.8 Å². The molecule has 0 aromatic heterocycles. The van der Waals surface area contributed by atoms with Crippen LogP contribution in [0.1, 0.15) is 41.5 Å². The van der Waals surface area contributed by atoms with Crippen LogP contribution in [0.3, 0.4) is 0 Å². The molecule has 0 bridgehead atoms. The summed E-state index contributed by atoms with van der Waals surface area (Å²) in [6.45, 7) is 11.2. The summed E-state index contributed by atoms with van der Waals surface area (Å²) in [5.74, 6) is -2.05. The third-order valence-electron chi connectivity index (χ3n) is 9.27. The number of aliphatic hydroxyl groups excluding tert-OH is 2. The molecule has 0 aliphatic carbocycles. The van der Waals surface area contributed by atoms with Crippen molar-refractivity contribution in [2.75, 3.05) is 26.3 Å². The molecule has 11 heteroatoms. The van der Waals surface area contributed by atoms with Gasteiger partial charge in [-0.15, -0.1) is 0 Å². The molecule has 52 heavy (non-hydrogen) atoms. The number of amides is 2. The second-order valence-corrected chi connectivity index (χ2v) is 23.6. The van der Waals surface area contributed by atoms with Gasteiger partial charge in [-0.05, 0) is 30.8 Å². The molecule has 2 amide bonds. The fourth-order valence-electron chi connectivity index (χ4n) is 6.75. The van der Waals surface area contributed by atoms with E-state index in [9.17, 15) is 24.6 Å². The van der Waals surface area contributed by atoms with E-state index < -0.39 is 59.5 Å². The van der Waals surface area contributed by atoms with Gasteiger partial charge in [-0.3, -0.25) is 14.4 Å². The Hall–Kier alpha value is -4.24. The summed E-state index contributed by atoms with van der Waals surface area (Å²) in [6, 6.07) is 39.5. The maximum atomic E-state index is 12.9. The first-order valence-electron chi connectivity index (χ1n) is 17.6.